The van der Waals surface area contributed by atoms with Crippen LogP contribution in [-0.2, 0) is 6.42 Å². The summed E-state index contributed by atoms with van der Waals surface area (Å²) in [5.74, 6) is 0.936. The van der Waals surface area contributed by atoms with Gasteiger partial charge in [0.15, 0.2) is 0 Å². The third-order valence-electron chi connectivity index (χ3n) is 3.67. The molecule has 20 heavy (non-hydrogen) atoms. The van der Waals surface area contributed by atoms with Crippen LogP contribution in [0.1, 0.15) is 25.1 Å². The SMILES string of the molecule is Fc1cc2nc(CCCl)n(N3CCCCC3)c2cc1Cl. The Morgan fingerprint density at radius 3 is 2.65 bits per heavy atom. The monoisotopic (exact) mass is 315 g/mol. The average molecular weight is 316 g/mol. The van der Waals surface area contributed by atoms with Crippen molar-refractivity contribution in [2.75, 3.05) is 24.0 Å². The lowest BCUT2D eigenvalue weighted by atomic mass is 10.2. The van der Waals surface area contributed by atoms with Gasteiger partial charge in [-0.15, -0.1) is 11.6 Å². The Hall–Kier alpha value is -1.000. The number of imidazole rings is 1. The standard InChI is InChI=1S/C14H16Cl2FN3/c15-5-4-14-18-12-9-11(17)10(16)8-13(12)20(14)19-6-2-1-3-7-19/h8-9H,1-7H2. The van der Waals surface area contributed by atoms with Gasteiger partial charge in [-0.3, -0.25) is 0 Å². The Morgan fingerprint density at radius 1 is 1.20 bits per heavy atom. The smallest absolute Gasteiger partial charge is 0.144 e. The molecule has 0 atom stereocenters. The minimum absolute atomic E-state index is 0.132. The van der Waals surface area contributed by atoms with Crippen molar-refractivity contribution >= 4 is 34.2 Å². The van der Waals surface area contributed by atoms with E-state index in [0.29, 0.717) is 17.8 Å². The molecule has 1 saturated heterocycles. The molecule has 0 N–H and O–H groups in total. The molecule has 1 aliphatic heterocycles. The van der Waals surface area contributed by atoms with Gasteiger partial charge in [-0.1, -0.05) is 11.6 Å². The highest BCUT2D eigenvalue weighted by atomic mass is 35.5. The number of hydrogen-bond acceptors (Lipinski definition) is 2. The van der Waals surface area contributed by atoms with Crippen LogP contribution in [0.25, 0.3) is 11.0 Å². The zero-order valence-corrected chi connectivity index (χ0v) is 12.6. The van der Waals surface area contributed by atoms with Crippen molar-refractivity contribution in [2.24, 2.45) is 0 Å². The van der Waals surface area contributed by atoms with E-state index < -0.39 is 5.82 Å². The van der Waals surface area contributed by atoms with Gasteiger partial charge >= 0.3 is 0 Å². The second kappa shape index (κ2) is 5.78. The topological polar surface area (TPSA) is 21.1 Å². The molecule has 3 nitrogen and oxygen atoms in total. The molecule has 0 amide bonds. The summed E-state index contributed by atoms with van der Waals surface area (Å²) >= 11 is 11.8. The second-order valence-electron chi connectivity index (χ2n) is 5.05. The van der Waals surface area contributed by atoms with E-state index in [1.807, 2.05) is 0 Å². The molecule has 1 fully saturated rings. The molecular formula is C14H16Cl2FN3. The number of aromatic nitrogens is 2. The van der Waals surface area contributed by atoms with E-state index in [0.717, 1.165) is 37.3 Å². The summed E-state index contributed by atoms with van der Waals surface area (Å²) in [4.78, 5) is 4.52. The molecule has 0 spiro atoms. The van der Waals surface area contributed by atoms with Crippen LogP contribution in [-0.4, -0.2) is 28.6 Å². The summed E-state index contributed by atoms with van der Waals surface area (Å²) in [6.45, 7) is 1.96. The van der Waals surface area contributed by atoms with Gasteiger partial charge in [0.1, 0.15) is 11.6 Å². The first-order valence-corrected chi connectivity index (χ1v) is 7.79. The summed E-state index contributed by atoms with van der Waals surface area (Å²) < 4.78 is 15.7. The summed E-state index contributed by atoms with van der Waals surface area (Å²) in [6.07, 6.45) is 4.24. The molecule has 3 rings (SSSR count). The number of piperidine rings is 1. The fourth-order valence-electron chi connectivity index (χ4n) is 2.75. The second-order valence-corrected chi connectivity index (χ2v) is 5.83. The summed E-state index contributed by atoms with van der Waals surface area (Å²) in [7, 11) is 0. The van der Waals surface area contributed by atoms with E-state index in [2.05, 4.69) is 14.7 Å². The molecule has 6 heteroatoms. The van der Waals surface area contributed by atoms with E-state index in [1.165, 1.54) is 12.5 Å². The molecule has 2 heterocycles. The van der Waals surface area contributed by atoms with E-state index in [-0.39, 0.29) is 5.02 Å². The molecule has 0 radical (unpaired) electrons. The highest BCUT2D eigenvalue weighted by Crippen LogP contribution is 2.25. The van der Waals surface area contributed by atoms with E-state index in [4.69, 9.17) is 23.2 Å². The Morgan fingerprint density at radius 2 is 1.95 bits per heavy atom. The normalized spacial score (nSPS) is 16.1. The van der Waals surface area contributed by atoms with Gasteiger partial charge in [-0.05, 0) is 25.3 Å². The first-order chi connectivity index (χ1) is 9.70. The number of rotatable bonds is 3. The first-order valence-electron chi connectivity index (χ1n) is 6.88. The number of hydrogen-bond donors (Lipinski definition) is 0. The van der Waals surface area contributed by atoms with Gasteiger partial charge in [0.2, 0.25) is 0 Å². The number of halogens is 3. The number of aryl methyl sites for hydroxylation is 1. The van der Waals surface area contributed by atoms with Crippen LogP contribution in [0.5, 0.6) is 0 Å². The highest BCUT2D eigenvalue weighted by molar-refractivity contribution is 6.31. The fraction of sp³-hybridized carbons (Fsp3) is 0.500. The van der Waals surface area contributed by atoms with Crippen molar-refractivity contribution in [2.45, 2.75) is 25.7 Å². The first kappa shape index (κ1) is 14.0. The predicted octanol–water partition coefficient (Wildman–Crippen LogP) is 3.73. The fourth-order valence-corrected chi connectivity index (χ4v) is 3.08. The van der Waals surface area contributed by atoms with Gasteiger partial charge in [0.25, 0.3) is 0 Å². The summed E-state index contributed by atoms with van der Waals surface area (Å²) in [5, 5.41) is 2.39. The van der Waals surface area contributed by atoms with Crippen molar-refractivity contribution in [3.8, 4) is 0 Å². The minimum atomic E-state index is -0.431. The predicted molar refractivity (Wildman–Crippen MR) is 80.9 cm³/mol. The number of fused-ring (bicyclic) bond motifs is 1. The quantitative estimate of drug-likeness (QED) is 0.805. The van der Waals surface area contributed by atoms with Crippen LogP contribution in [0, 0.1) is 5.82 Å². The van der Waals surface area contributed by atoms with E-state index in [9.17, 15) is 4.39 Å². The van der Waals surface area contributed by atoms with Crippen molar-refractivity contribution in [1.29, 1.82) is 0 Å². The lowest BCUT2D eigenvalue weighted by Gasteiger charge is -2.31. The van der Waals surface area contributed by atoms with Crippen molar-refractivity contribution in [1.82, 2.24) is 9.66 Å². The number of alkyl halides is 1. The van der Waals surface area contributed by atoms with Gasteiger partial charge in [0.05, 0.1) is 16.1 Å². The zero-order valence-electron chi connectivity index (χ0n) is 11.1. The number of benzene rings is 1. The molecule has 2 aromatic rings. The van der Waals surface area contributed by atoms with Crippen LogP contribution in [0.15, 0.2) is 12.1 Å². The Kier molecular flexibility index (Phi) is 4.03. The molecule has 1 aromatic carbocycles. The molecule has 0 saturated carbocycles. The van der Waals surface area contributed by atoms with Crippen molar-refractivity contribution in [3.05, 3.63) is 28.8 Å². The Labute approximate surface area is 127 Å². The lowest BCUT2D eigenvalue weighted by molar-refractivity contribution is 0.476. The minimum Gasteiger partial charge on any atom is -0.311 e. The average Bonchev–Trinajstić information content (AvgIpc) is 2.78. The third-order valence-corrected chi connectivity index (χ3v) is 4.15. The molecule has 1 aromatic heterocycles. The highest BCUT2D eigenvalue weighted by Gasteiger charge is 2.19. The van der Waals surface area contributed by atoms with Crippen molar-refractivity contribution < 1.29 is 4.39 Å². The van der Waals surface area contributed by atoms with Crippen LogP contribution < -0.4 is 5.01 Å². The van der Waals surface area contributed by atoms with Crippen molar-refractivity contribution in [3.63, 3.8) is 0 Å². The van der Waals surface area contributed by atoms with Crippen LogP contribution in [0.2, 0.25) is 5.02 Å². The Bertz CT molecular complexity index is 620. The van der Waals surface area contributed by atoms with E-state index >= 15 is 0 Å². The van der Waals surface area contributed by atoms with Gasteiger partial charge in [-0.25, -0.2) is 14.1 Å². The molecular weight excluding hydrogens is 300 g/mol. The van der Waals surface area contributed by atoms with E-state index in [1.54, 1.807) is 6.07 Å². The maximum Gasteiger partial charge on any atom is 0.144 e. The summed E-state index contributed by atoms with van der Waals surface area (Å²) in [5.41, 5.74) is 1.50. The zero-order chi connectivity index (χ0) is 14.1. The van der Waals surface area contributed by atoms with Crippen LogP contribution >= 0.6 is 23.2 Å². The summed E-state index contributed by atoms with van der Waals surface area (Å²) in [6, 6.07) is 3.06. The maximum atomic E-state index is 13.6. The van der Waals surface area contributed by atoms with Crippen LogP contribution in [0.4, 0.5) is 4.39 Å². The molecule has 1 aliphatic rings. The molecule has 0 bridgehead atoms. The Balaban J connectivity index is 2.14. The van der Waals surface area contributed by atoms with Gasteiger partial charge in [0, 0.05) is 31.5 Å². The molecule has 0 unspecified atom stereocenters. The molecule has 108 valence electrons. The van der Waals surface area contributed by atoms with Gasteiger partial charge in [-0.2, -0.15) is 0 Å². The van der Waals surface area contributed by atoms with Gasteiger partial charge < -0.3 is 5.01 Å². The third kappa shape index (κ3) is 2.47. The van der Waals surface area contributed by atoms with Crippen LogP contribution in [0.3, 0.4) is 0 Å². The maximum absolute atomic E-state index is 13.6. The lowest BCUT2D eigenvalue weighted by Crippen LogP contribution is -2.40. The number of nitrogens with zero attached hydrogens (tertiary/aromatic N) is 3. The largest absolute Gasteiger partial charge is 0.311 e. The molecule has 0 aliphatic carbocycles.